The molecule has 1 amide bonds. The lowest BCUT2D eigenvalue weighted by Crippen LogP contribution is -2.32. The highest BCUT2D eigenvalue weighted by Gasteiger charge is 2.15. The molecule has 0 spiro atoms. The molecule has 0 radical (unpaired) electrons. The van der Waals surface area contributed by atoms with Crippen LogP contribution in [0.15, 0.2) is 48.5 Å². The molecule has 4 rings (SSSR count). The van der Waals surface area contributed by atoms with Crippen molar-refractivity contribution < 1.29 is 23.4 Å². The van der Waals surface area contributed by atoms with E-state index in [0.717, 1.165) is 17.7 Å². The number of rotatable bonds is 9. The Morgan fingerprint density at radius 3 is 2.62 bits per heavy atom. The number of methoxy groups -OCH3 is 1. The van der Waals surface area contributed by atoms with Crippen molar-refractivity contribution in [2.75, 3.05) is 26.9 Å². The minimum absolute atomic E-state index is 0.0240. The van der Waals surface area contributed by atoms with Crippen LogP contribution in [0.5, 0.6) is 17.4 Å². The lowest BCUT2D eigenvalue weighted by atomic mass is 10.2. The normalized spacial score (nSPS) is 10.8. The Morgan fingerprint density at radius 1 is 1.09 bits per heavy atom. The van der Waals surface area contributed by atoms with Crippen molar-refractivity contribution in [2.45, 2.75) is 0 Å². The Morgan fingerprint density at radius 2 is 1.85 bits per heavy atom. The van der Waals surface area contributed by atoms with E-state index >= 15 is 0 Å². The summed E-state index contributed by atoms with van der Waals surface area (Å²) in [4.78, 5) is 12.0. The van der Waals surface area contributed by atoms with E-state index in [0.29, 0.717) is 23.1 Å². The minimum atomic E-state index is -0.600. The zero-order valence-electron chi connectivity index (χ0n) is 17.8. The number of carbonyl (C=O) groups excluding carboxylic acids is 1. The molecular weight excluding hydrogens is 488 g/mol. The van der Waals surface area contributed by atoms with Gasteiger partial charge in [0.1, 0.15) is 18.2 Å². The second kappa shape index (κ2) is 10.5. The third-order valence-corrected chi connectivity index (χ3v) is 5.13. The van der Waals surface area contributed by atoms with Crippen LogP contribution in [-0.4, -0.2) is 52.6 Å². The van der Waals surface area contributed by atoms with E-state index in [9.17, 15) is 9.18 Å². The number of fused-ring (bicyclic) bond motifs is 1. The summed E-state index contributed by atoms with van der Waals surface area (Å²) in [5.41, 5.74) is 1.27. The summed E-state index contributed by atoms with van der Waals surface area (Å²) in [6, 6.07) is 12.9. The summed E-state index contributed by atoms with van der Waals surface area (Å²) in [5.74, 6) is 0.463. The molecule has 0 unspecified atom stereocenters. The summed E-state index contributed by atoms with van der Waals surface area (Å²) in [7, 11) is 1.58. The van der Waals surface area contributed by atoms with Crippen LogP contribution in [0.1, 0.15) is 0 Å². The number of halogens is 3. The topological polar surface area (TPSA) is 99.9 Å². The number of aromatic nitrogens is 4. The Balaban J connectivity index is 1.32. The van der Waals surface area contributed by atoms with Crippen LogP contribution in [0.2, 0.25) is 10.0 Å². The highest BCUT2D eigenvalue weighted by molar-refractivity contribution is 6.37. The second-order valence-electron chi connectivity index (χ2n) is 6.85. The number of ether oxygens (including phenoxy) is 3. The Bertz CT molecular complexity index is 1310. The molecule has 0 atom stereocenters. The second-order valence-corrected chi connectivity index (χ2v) is 7.67. The quantitative estimate of drug-likeness (QED) is 0.345. The molecule has 2 aromatic carbocycles. The molecular formula is C22H18Cl2FN5O4. The van der Waals surface area contributed by atoms with Gasteiger partial charge in [-0.3, -0.25) is 4.79 Å². The molecule has 0 aliphatic rings. The van der Waals surface area contributed by atoms with Gasteiger partial charge in [0.25, 0.3) is 5.91 Å². The molecule has 0 fully saturated rings. The maximum absolute atomic E-state index is 13.2. The van der Waals surface area contributed by atoms with Gasteiger partial charge >= 0.3 is 0 Å². The Hall–Kier alpha value is -3.63. The number of benzene rings is 2. The smallest absolute Gasteiger partial charge is 0.258 e. The standard InChI is InChI=1S/C22H18Cl2FN5O4/c1-32-17-5-3-2-4-14(17)22-28-27-18-6-7-20(29-30(18)22)33-9-8-26-19(31)12-34-21-15(23)10-13(25)11-16(21)24/h2-7,10-11H,8-9,12H2,1H3,(H,26,31). The van der Waals surface area contributed by atoms with E-state index in [1.807, 2.05) is 24.3 Å². The molecule has 4 aromatic rings. The van der Waals surface area contributed by atoms with E-state index in [1.54, 1.807) is 23.8 Å². The summed E-state index contributed by atoms with van der Waals surface area (Å²) in [5, 5.41) is 15.3. The van der Waals surface area contributed by atoms with Crippen LogP contribution >= 0.6 is 23.2 Å². The Labute approximate surface area is 203 Å². The largest absolute Gasteiger partial charge is 0.496 e. The van der Waals surface area contributed by atoms with Gasteiger partial charge in [-0.25, -0.2) is 4.39 Å². The van der Waals surface area contributed by atoms with Crippen LogP contribution in [0.4, 0.5) is 4.39 Å². The van der Waals surface area contributed by atoms with Crippen LogP contribution in [0.3, 0.4) is 0 Å². The van der Waals surface area contributed by atoms with Gasteiger partial charge in [0.15, 0.2) is 23.8 Å². The van der Waals surface area contributed by atoms with Crippen LogP contribution in [-0.2, 0) is 4.79 Å². The zero-order valence-corrected chi connectivity index (χ0v) is 19.3. The lowest BCUT2D eigenvalue weighted by molar-refractivity contribution is -0.123. The van der Waals surface area contributed by atoms with Gasteiger partial charge in [-0.15, -0.1) is 15.3 Å². The van der Waals surface area contributed by atoms with Crippen LogP contribution in [0, 0.1) is 5.82 Å². The van der Waals surface area contributed by atoms with E-state index in [1.165, 1.54) is 0 Å². The summed E-state index contributed by atoms with van der Waals surface area (Å²) >= 11 is 11.8. The number of hydrogen-bond donors (Lipinski definition) is 1. The van der Waals surface area contributed by atoms with Gasteiger partial charge in [0, 0.05) is 6.07 Å². The lowest BCUT2D eigenvalue weighted by Gasteiger charge is -2.11. The van der Waals surface area contributed by atoms with Crippen molar-refractivity contribution in [1.29, 1.82) is 0 Å². The van der Waals surface area contributed by atoms with E-state index in [4.69, 9.17) is 37.4 Å². The first-order valence-corrected chi connectivity index (χ1v) is 10.7. The highest BCUT2D eigenvalue weighted by atomic mass is 35.5. The number of nitrogens with zero attached hydrogens (tertiary/aromatic N) is 4. The molecule has 2 heterocycles. The molecule has 0 saturated carbocycles. The maximum atomic E-state index is 13.2. The van der Waals surface area contributed by atoms with Crippen LogP contribution < -0.4 is 19.5 Å². The molecule has 176 valence electrons. The highest BCUT2D eigenvalue weighted by Crippen LogP contribution is 2.33. The molecule has 0 saturated heterocycles. The van der Waals surface area contributed by atoms with Crippen LogP contribution in [0.25, 0.3) is 17.0 Å². The number of nitrogens with one attached hydrogen (secondary N) is 1. The van der Waals surface area contributed by atoms with E-state index in [-0.39, 0.29) is 35.6 Å². The van der Waals surface area contributed by atoms with Gasteiger partial charge in [0.2, 0.25) is 5.88 Å². The van der Waals surface area contributed by atoms with Crippen molar-refractivity contribution in [1.82, 2.24) is 25.1 Å². The first kappa shape index (κ1) is 23.5. The third-order valence-electron chi connectivity index (χ3n) is 4.57. The average Bonchev–Trinajstić information content (AvgIpc) is 3.24. The predicted octanol–water partition coefficient (Wildman–Crippen LogP) is 3.82. The number of carbonyl (C=O) groups is 1. The van der Waals surface area contributed by atoms with Gasteiger partial charge in [-0.1, -0.05) is 35.3 Å². The average molecular weight is 506 g/mol. The van der Waals surface area contributed by atoms with Crippen molar-refractivity contribution in [3.8, 4) is 28.8 Å². The molecule has 34 heavy (non-hydrogen) atoms. The van der Waals surface area contributed by atoms with E-state index < -0.39 is 11.7 Å². The SMILES string of the molecule is COc1ccccc1-c1nnc2ccc(OCCNC(=O)COc3c(Cl)cc(F)cc3Cl)nn12. The third kappa shape index (κ3) is 5.29. The fourth-order valence-electron chi connectivity index (χ4n) is 3.05. The monoisotopic (exact) mass is 505 g/mol. The fraction of sp³-hybridized carbons (Fsp3) is 0.182. The maximum Gasteiger partial charge on any atom is 0.258 e. The first-order chi connectivity index (χ1) is 16.5. The van der Waals surface area contributed by atoms with Gasteiger partial charge < -0.3 is 19.5 Å². The molecule has 2 aromatic heterocycles. The van der Waals surface area contributed by atoms with E-state index in [2.05, 4.69) is 20.6 Å². The molecule has 0 aliphatic heterocycles. The molecule has 1 N–H and O–H groups in total. The van der Waals surface area contributed by atoms with Crippen molar-refractivity contribution in [3.63, 3.8) is 0 Å². The van der Waals surface area contributed by atoms with Crippen molar-refractivity contribution in [3.05, 3.63) is 64.4 Å². The van der Waals surface area contributed by atoms with Gasteiger partial charge in [0.05, 0.1) is 29.3 Å². The number of amides is 1. The van der Waals surface area contributed by atoms with Gasteiger partial charge in [-0.05, 0) is 30.3 Å². The number of hydrogen-bond acceptors (Lipinski definition) is 7. The van der Waals surface area contributed by atoms with Crippen molar-refractivity contribution >= 4 is 34.8 Å². The fourth-order valence-corrected chi connectivity index (χ4v) is 3.62. The summed E-state index contributed by atoms with van der Waals surface area (Å²) < 4.78 is 31.1. The number of para-hydroxylation sites is 1. The molecule has 0 aliphatic carbocycles. The summed E-state index contributed by atoms with van der Waals surface area (Å²) in [6.07, 6.45) is 0. The molecule has 12 heteroatoms. The Kier molecular flexibility index (Phi) is 7.29. The molecule has 0 bridgehead atoms. The molecule has 9 nitrogen and oxygen atoms in total. The first-order valence-electron chi connectivity index (χ1n) is 9.99. The van der Waals surface area contributed by atoms with Gasteiger partial charge in [-0.2, -0.15) is 4.52 Å². The minimum Gasteiger partial charge on any atom is -0.496 e. The predicted molar refractivity (Wildman–Crippen MR) is 123 cm³/mol. The zero-order chi connectivity index (χ0) is 24.1. The summed E-state index contributed by atoms with van der Waals surface area (Å²) in [6.45, 7) is -0.0129. The van der Waals surface area contributed by atoms with Crippen molar-refractivity contribution in [2.24, 2.45) is 0 Å².